The molecule has 5 nitrogen and oxygen atoms in total. The van der Waals surface area contributed by atoms with Crippen molar-refractivity contribution in [2.24, 2.45) is 7.05 Å². The highest BCUT2D eigenvalue weighted by atomic mass is 35.5. The Morgan fingerprint density at radius 3 is 2.65 bits per heavy atom. The van der Waals surface area contributed by atoms with E-state index in [1.807, 2.05) is 20.0 Å². The summed E-state index contributed by atoms with van der Waals surface area (Å²) in [4.78, 5) is 4.45. The zero-order valence-electron chi connectivity index (χ0n) is 10.9. The van der Waals surface area contributed by atoms with Crippen molar-refractivity contribution in [3.63, 3.8) is 0 Å². The molecule has 0 aliphatic carbocycles. The van der Waals surface area contributed by atoms with Crippen LogP contribution in [0.2, 0.25) is 10.0 Å². The van der Waals surface area contributed by atoms with Crippen molar-refractivity contribution in [2.75, 3.05) is 0 Å². The number of hydrogen-bond donors (Lipinski definition) is 0. The second kappa shape index (κ2) is 4.92. The summed E-state index contributed by atoms with van der Waals surface area (Å²) < 4.78 is 3.42. The van der Waals surface area contributed by atoms with Crippen LogP contribution in [0.3, 0.4) is 0 Å². The van der Waals surface area contributed by atoms with Crippen LogP contribution in [0.15, 0.2) is 30.5 Å². The van der Waals surface area contributed by atoms with Crippen molar-refractivity contribution >= 4 is 23.2 Å². The Morgan fingerprint density at radius 2 is 1.95 bits per heavy atom. The molecule has 0 spiro atoms. The summed E-state index contributed by atoms with van der Waals surface area (Å²) in [5, 5.41) is 9.70. The number of nitrogens with zero attached hydrogens (tertiary/aromatic N) is 5. The third-order valence-electron chi connectivity index (χ3n) is 2.90. The Bertz CT molecular complexity index is 775. The molecular weight excluding hydrogens is 297 g/mol. The fraction of sp³-hybridized carbons (Fsp3) is 0.154. The quantitative estimate of drug-likeness (QED) is 0.730. The molecule has 0 N–H and O–H groups in total. The van der Waals surface area contributed by atoms with E-state index >= 15 is 0 Å². The highest BCUT2D eigenvalue weighted by molar-refractivity contribution is 6.34. The summed E-state index contributed by atoms with van der Waals surface area (Å²) in [6.07, 6.45) is 1.71. The first-order valence-corrected chi connectivity index (χ1v) is 6.69. The molecule has 0 radical (unpaired) electrons. The highest BCUT2D eigenvalue weighted by Crippen LogP contribution is 2.27. The van der Waals surface area contributed by atoms with Gasteiger partial charge in [0.2, 0.25) is 0 Å². The standard InChI is InChI=1S/C13H11Cl2N5/c1-8-17-13(11-5-6-16-19(11)2)20(18-8)12-7-9(14)3-4-10(12)15/h3-7H,1-2H3. The summed E-state index contributed by atoms with van der Waals surface area (Å²) in [6.45, 7) is 1.83. The third-order valence-corrected chi connectivity index (χ3v) is 3.45. The number of hydrogen-bond acceptors (Lipinski definition) is 3. The van der Waals surface area contributed by atoms with Crippen LogP contribution in [-0.4, -0.2) is 24.5 Å². The molecule has 2 heterocycles. The van der Waals surface area contributed by atoms with Crippen molar-refractivity contribution in [1.82, 2.24) is 24.5 Å². The van der Waals surface area contributed by atoms with E-state index in [0.29, 0.717) is 27.4 Å². The molecular formula is C13H11Cl2N5. The number of rotatable bonds is 2. The normalized spacial score (nSPS) is 11.0. The van der Waals surface area contributed by atoms with Gasteiger partial charge in [-0.15, -0.1) is 0 Å². The minimum Gasteiger partial charge on any atom is -0.265 e. The van der Waals surface area contributed by atoms with Crippen LogP contribution in [0.1, 0.15) is 5.82 Å². The maximum Gasteiger partial charge on any atom is 0.181 e. The lowest BCUT2D eigenvalue weighted by atomic mass is 10.3. The van der Waals surface area contributed by atoms with Gasteiger partial charge in [0.25, 0.3) is 0 Å². The van der Waals surface area contributed by atoms with Gasteiger partial charge < -0.3 is 0 Å². The minimum absolute atomic E-state index is 0.558. The lowest BCUT2D eigenvalue weighted by Crippen LogP contribution is -2.04. The van der Waals surface area contributed by atoms with E-state index in [2.05, 4.69) is 15.2 Å². The summed E-state index contributed by atoms with van der Waals surface area (Å²) in [7, 11) is 1.85. The summed E-state index contributed by atoms with van der Waals surface area (Å²) in [5.74, 6) is 1.32. The van der Waals surface area contributed by atoms with Crippen LogP contribution in [0.4, 0.5) is 0 Å². The molecule has 0 bridgehead atoms. The molecule has 0 unspecified atom stereocenters. The number of aromatic nitrogens is 5. The van der Waals surface area contributed by atoms with Gasteiger partial charge in [0.15, 0.2) is 5.82 Å². The van der Waals surface area contributed by atoms with Crippen LogP contribution in [0, 0.1) is 6.92 Å². The van der Waals surface area contributed by atoms with Crippen molar-refractivity contribution in [1.29, 1.82) is 0 Å². The topological polar surface area (TPSA) is 48.5 Å². The van der Waals surface area contributed by atoms with Crippen LogP contribution < -0.4 is 0 Å². The number of aryl methyl sites for hydroxylation is 2. The smallest absolute Gasteiger partial charge is 0.181 e. The zero-order chi connectivity index (χ0) is 14.3. The summed E-state index contributed by atoms with van der Waals surface area (Å²) in [5.41, 5.74) is 1.54. The first-order valence-electron chi connectivity index (χ1n) is 5.94. The second-order valence-electron chi connectivity index (χ2n) is 4.33. The van der Waals surface area contributed by atoms with Crippen molar-refractivity contribution in [2.45, 2.75) is 6.92 Å². The fourth-order valence-corrected chi connectivity index (χ4v) is 2.35. The van der Waals surface area contributed by atoms with Crippen molar-refractivity contribution < 1.29 is 0 Å². The van der Waals surface area contributed by atoms with Crippen LogP contribution >= 0.6 is 23.2 Å². The summed E-state index contributed by atoms with van der Waals surface area (Å²) in [6, 6.07) is 7.11. The van der Waals surface area contributed by atoms with E-state index < -0.39 is 0 Å². The predicted octanol–water partition coefficient (Wildman–Crippen LogP) is 3.28. The summed E-state index contributed by atoms with van der Waals surface area (Å²) >= 11 is 12.3. The van der Waals surface area contributed by atoms with Crippen molar-refractivity contribution in [3.05, 3.63) is 46.3 Å². The van der Waals surface area contributed by atoms with Gasteiger partial charge >= 0.3 is 0 Å². The Kier molecular flexibility index (Phi) is 3.23. The molecule has 1 aromatic carbocycles. The molecule has 3 rings (SSSR count). The van der Waals surface area contributed by atoms with Gasteiger partial charge in [0.05, 0.1) is 10.7 Å². The molecule has 0 aliphatic heterocycles. The first-order chi connectivity index (χ1) is 9.56. The van der Waals surface area contributed by atoms with E-state index in [-0.39, 0.29) is 0 Å². The van der Waals surface area contributed by atoms with Gasteiger partial charge in [-0.05, 0) is 31.2 Å². The number of halogens is 2. The molecule has 0 aliphatic rings. The Labute approximate surface area is 125 Å². The third kappa shape index (κ3) is 2.19. The van der Waals surface area contributed by atoms with Gasteiger partial charge in [0.1, 0.15) is 11.5 Å². The van der Waals surface area contributed by atoms with Gasteiger partial charge in [0, 0.05) is 18.3 Å². The Morgan fingerprint density at radius 1 is 1.15 bits per heavy atom. The molecule has 2 aromatic heterocycles. The molecule has 0 amide bonds. The molecule has 3 aromatic rings. The monoisotopic (exact) mass is 307 g/mol. The second-order valence-corrected chi connectivity index (χ2v) is 5.17. The van der Waals surface area contributed by atoms with E-state index in [4.69, 9.17) is 23.2 Å². The first kappa shape index (κ1) is 13.1. The maximum absolute atomic E-state index is 6.24. The van der Waals surface area contributed by atoms with E-state index in [0.717, 1.165) is 5.69 Å². The molecule has 102 valence electrons. The Balaban J connectivity index is 2.25. The maximum atomic E-state index is 6.24. The molecule has 7 heteroatoms. The van der Waals surface area contributed by atoms with Crippen LogP contribution in [0.25, 0.3) is 17.2 Å². The average Bonchev–Trinajstić information content (AvgIpc) is 2.98. The molecule has 20 heavy (non-hydrogen) atoms. The van der Waals surface area contributed by atoms with E-state index in [9.17, 15) is 0 Å². The van der Waals surface area contributed by atoms with Gasteiger partial charge in [-0.25, -0.2) is 9.67 Å². The molecule has 0 saturated carbocycles. The molecule has 0 atom stereocenters. The Hall–Kier alpha value is -1.85. The van der Waals surface area contributed by atoms with Crippen molar-refractivity contribution in [3.8, 4) is 17.2 Å². The highest BCUT2D eigenvalue weighted by Gasteiger charge is 2.16. The lowest BCUT2D eigenvalue weighted by Gasteiger charge is -2.08. The fourth-order valence-electron chi connectivity index (χ4n) is 1.99. The minimum atomic E-state index is 0.558. The molecule has 0 fully saturated rings. The van der Waals surface area contributed by atoms with Crippen LogP contribution in [0.5, 0.6) is 0 Å². The number of benzene rings is 1. The SMILES string of the molecule is Cc1nc(-c2ccnn2C)n(-c2cc(Cl)ccc2Cl)n1. The molecule has 0 saturated heterocycles. The van der Waals surface area contributed by atoms with Gasteiger partial charge in [-0.2, -0.15) is 10.2 Å². The van der Waals surface area contributed by atoms with E-state index in [1.54, 1.807) is 33.8 Å². The predicted molar refractivity (Wildman–Crippen MR) is 78.3 cm³/mol. The van der Waals surface area contributed by atoms with Gasteiger partial charge in [-0.1, -0.05) is 23.2 Å². The van der Waals surface area contributed by atoms with E-state index in [1.165, 1.54) is 0 Å². The average molecular weight is 308 g/mol. The lowest BCUT2D eigenvalue weighted by molar-refractivity contribution is 0.761. The van der Waals surface area contributed by atoms with Gasteiger partial charge in [-0.3, -0.25) is 4.68 Å². The largest absolute Gasteiger partial charge is 0.265 e. The zero-order valence-corrected chi connectivity index (χ0v) is 12.4. The van der Waals surface area contributed by atoms with Crippen LogP contribution in [-0.2, 0) is 7.05 Å².